The third kappa shape index (κ3) is 3.12. The fourth-order valence-electron chi connectivity index (χ4n) is 3.42. The highest BCUT2D eigenvalue weighted by Gasteiger charge is 2.41. The van der Waals surface area contributed by atoms with E-state index >= 15 is 0 Å². The van der Waals surface area contributed by atoms with Crippen LogP contribution in [0.4, 0.5) is 4.79 Å². The molecule has 2 aromatic rings. The minimum absolute atomic E-state index is 0.108. The maximum absolute atomic E-state index is 12.7. The summed E-state index contributed by atoms with van der Waals surface area (Å²) in [7, 11) is 0. The molecule has 2 aliphatic rings. The Morgan fingerprint density at radius 3 is 2.30 bits per heavy atom. The van der Waals surface area contributed by atoms with Gasteiger partial charge in [0, 0.05) is 0 Å². The highest BCUT2D eigenvalue weighted by atomic mass is 16.5. The van der Waals surface area contributed by atoms with Crippen molar-refractivity contribution in [3.05, 3.63) is 48.3 Å². The maximum atomic E-state index is 12.7. The Morgan fingerprint density at radius 1 is 1.13 bits per heavy atom. The van der Waals surface area contributed by atoms with Crippen molar-refractivity contribution < 1.29 is 18.4 Å². The van der Waals surface area contributed by atoms with Crippen LogP contribution >= 0.6 is 0 Å². The van der Waals surface area contributed by atoms with Crippen LogP contribution in [0.5, 0.6) is 0 Å². The number of hydrogen-bond donors (Lipinski definition) is 1. The molecule has 2 fully saturated rings. The van der Waals surface area contributed by atoms with Crippen LogP contribution in [0.25, 0.3) is 0 Å². The van der Waals surface area contributed by atoms with E-state index in [4.69, 9.17) is 13.6 Å². The first-order valence-corrected chi connectivity index (χ1v) is 8.03. The van der Waals surface area contributed by atoms with Crippen LogP contribution < -0.4 is 5.32 Å². The van der Waals surface area contributed by atoms with Crippen molar-refractivity contribution in [2.45, 2.75) is 50.6 Å². The number of carbonyl (C=O) groups excluding carboxylic acids is 1. The van der Waals surface area contributed by atoms with E-state index in [0.717, 1.165) is 30.8 Å². The number of urea groups is 1. The summed E-state index contributed by atoms with van der Waals surface area (Å²) in [5.41, 5.74) is 0. The standard InChI is InChI=1S/C17H20N2O4/c20-17(18-15-9-12-5-6-16(15)23-12)19(10-13-3-1-7-21-13)11-14-4-2-8-22-14/h1-4,7-8,12,15-16H,5-6,9-11H2,(H,18,20). The largest absolute Gasteiger partial charge is 0.467 e. The van der Waals surface area contributed by atoms with Crippen molar-refractivity contribution in [2.75, 3.05) is 0 Å². The molecule has 23 heavy (non-hydrogen) atoms. The van der Waals surface area contributed by atoms with Gasteiger partial charge in [0.1, 0.15) is 11.5 Å². The van der Waals surface area contributed by atoms with Crippen LogP contribution in [-0.4, -0.2) is 29.2 Å². The smallest absolute Gasteiger partial charge is 0.318 e. The molecule has 4 rings (SSSR count). The average Bonchev–Trinajstić information content (AvgIpc) is 3.32. The van der Waals surface area contributed by atoms with E-state index < -0.39 is 0 Å². The molecule has 0 aliphatic carbocycles. The Kier molecular flexibility index (Phi) is 3.83. The molecule has 3 atom stereocenters. The van der Waals surface area contributed by atoms with Crippen molar-refractivity contribution in [1.82, 2.24) is 10.2 Å². The number of nitrogens with zero attached hydrogens (tertiary/aromatic N) is 1. The second-order valence-corrected chi connectivity index (χ2v) is 6.18. The SMILES string of the molecule is O=C(NC1CC2CCC1O2)N(Cc1ccco1)Cc1ccco1. The molecule has 6 heteroatoms. The van der Waals surface area contributed by atoms with Crippen LogP contribution in [-0.2, 0) is 17.8 Å². The first-order chi connectivity index (χ1) is 11.3. The molecule has 0 saturated carbocycles. The normalized spacial score (nSPS) is 25.7. The monoisotopic (exact) mass is 316 g/mol. The fraction of sp³-hybridized carbons (Fsp3) is 0.471. The molecule has 0 radical (unpaired) electrons. The Bertz CT molecular complexity index is 601. The third-order valence-corrected chi connectivity index (χ3v) is 4.56. The lowest BCUT2D eigenvalue weighted by molar-refractivity contribution is 0.0965. The highest BCUT2D eigenvalue weighted by Crippen LogP contribution is 2.34. The van der Waals surface area contributed by atoms with E-state index in [2.05, 4.69) is 5.32 Å². The molecule has 6 nitrogen and oxygen atoms in total. The van der Waals surface area contributed by atoms with Crippen molar-refractivity contribution in [1.29, 1.82) is 0 Å². The minimum atomic E-state index is -0.112. The van der Waals surface area contributed by atoms with Crippen LogP contribution in [0.1, 0.15) is 30.8 Å². The zero-order chi connectivity index (χ0) is 15.6. The molecular formula is C17H20N2O4. The van der Waals surface area contributed by atoms with Gasteiger partial charge in [0.25, 0.3) is 0 Å². The number of nitrogens with one attached hydrogen (secondary N) is 1. The summed E-state index contributed by atoms with van der Waals surface area (Å²) in [6.45, 7) is 0.808. The van der Waals surface area contributed by atoms with Gasteiger partial charge in [-0.05, 0) is 43.5 Å². The van der Waals surface area contributed by atoms with Gasteiger partial charge in [0.15, 0.2) is 0 Å². The third-order valence-electron chi connectivity index (χ3n) is 4.56. The topological polar surface area (TPSA) is 67.8 Å². The van der Waals surface area contributed by atoms with Crippen molar-refractivity contribution in [2.24, 2.45) is 0 Å². The first kappa shape index (κ1) is 14.4. The van der Waals surface area contributed by atoms with Crippen molar-refractivity contribution >= 4 is 6.03 Å². The molecule has 2 bridgehead atoms. The van der Waals surface area contributed by atoms with Gasteiger partial charge in [-0.25, -0.2) is 4.79 Å². The number of fused-ring (bicyclic) bond motifs is 2. The predicted molar refractivity (Wildman–Crippen MR) is 81.5 cm³/mol. The van der Waals surface area contributed by atoms with Crippen LogP contribution in [0, 0.1) is 0 Å². The van der Waals surface area contributed by atoms with Gasteiger partial charge in [0.2, 0.25) is 0 Å². The summed E-state index contributed by atoms with van der Waals surface area (Å²) in [5, 5.41) is 3.11. The highest BCUT2D eigenvalue weighted by molar-refractivity contribution is 5.74. The second-order valence-electron chi connectivity index (χ2n) is 6.18. The van der Waals surface area contributed by atoms with Gasteiger partial charge in [-0.2, -0.15) is 0 Å². The van der Waals surface area contributed by atoms with Gasteiger partial charge in [-0.3, -0.25) is 0 Å². The van der Waals surface area contributed by atoms with Crippen LogP contribution in [0.2, 0.25) is 0 Å². The summed E-state index contributed by atoms with van der Waals surface area (Å²) in [4.78, 5) is 14.4. The molecule has 2 amide bonds. The molecule has 3 unspecified atom stereocenters. The van der Waals surface area contributed by atoms with Gasteiger partial charge < -0.3 is 23.8 Å². The molecule has 2 aliphatic heterocycles. The Hall–Kier alpha value is -2.21. The number of rotatable bonds is 5. The molecule has 2 aromatic heterocycles. The van der Waals surface area contributed by atoms with Gasteiger partial charge >= 0.3 is 6.03 Å². The molecule has 1 N–H and O–H groups in total. The fourth-order valence-corrected chi connectivity index (χ4v) is 3.42. The summed E-state index contributed by atoms with van der Waals surface area (Å²) in [6, 6.07) is 7.37. The molecule has 2 saturated heterocycles. The summed E-state index contributed by atoms with van der Waals surface area (Å²) in [5.74, 6) is 1.49. The number of amides is 2. The van der Waals surface area contributed by atoms with E-state index in [1.54, 1.807) is 17.4 Å². The number of carbonyl (C=O) groups is 1. The van der Waals surface area contributed by atoms with Gasteiger partial charge in [-0.1, -0.05) is 0 Å². The number of ether oxygens (including phenoxy) is 1. The lowest BCUT2D eigenvalue weighted by atomic mass is 9.96. The summed E-state index contributed by atoms with van der Waals surface area (Å²) >= 11 is 0. The van der Waals surface area contributed by atoms with Crippen LogP contribution in [0.15, 0.2) is 45.6 Å². The molecule has 4 heterocycles. The van der Waals surface area contributed by atoms with E-state index in [0.29, 0.717) is 19.2 Å². The van der Waals surface area contributed by atoms with E-state index in [9.17, 15) is 4.79 Å². The molecule has 0 aromatic carbocycles. The lowest BCUT2D eigenvalue weighted by Crippen LogP contribution is -2.47. The average molecular weight is 316 g/mol. The summed E-state index contributed by atoms with van der Waals surface area (Å²) < 4.78 is 16.6. The zero-order valence-electron chi connectivity index (χ0n) is 12.8. The van der Waals surface area contributed by atoms with E-state index in [-0.39, 0.29) is 18.2 Å². The van der Waals surface area contributed by atoms with E-state index in [1.807, 2.05) is 24.3 Å². The van der Waals surface area contributed by atoms with Crippen molar-refractivity contribution in [3.63, 3.8) is 0 Å². The Balaban J connectivity index is 1.43. The van der Waals surface area contributed by atoms with Gasteiger partial charge in [0.05, 0.1) is 43.9 Å². The predicted octanol–water partition coefficient (Wildman–Crippen LogP) is 2.90. The maximum Gasteiger partial charge on any atom is 0.318 e. The van der Waals surface area contributed by atoms with Crippen LogP contribution in [0.3, 0.4) is 0 Å². The van der Waals surface area contributed by atoms with Gasteiger partial charge in [-0.15, -0.1) is 0 Å². The van der Waals surface area contributed by atoms with E-state index in [1.165, 1.54) is 0 Å². The minimum Gasteiger partial charge on any atom is -0.467 e. The Labute approximate surface area is 134 Å². The zero-order valence-corrected chi connectivity index (χ0v) is 12.8. The second kappa shape index (κ2) is 6.12. The number of furan rings is 2. The Morgan fingerprint density at radius 2 is 1.83 bits per heavy atom. The molecule has 122 valence electrons. The number of hydrogen-bond acceptors (Lipinski definition) is 4. The first-order valence-electron chi connectivity index (χ1n) is 8.03. The lowest BCUT2D eigenvalue weighted by Gasteiger charge is -2.26. The molecule has 0 spiro atoms. The quantitative estimate of drug-likeness (QED) is 0.921. The molecular weight excluding hydrogens is 296 g/mol. The van der Waals surface area contributed by atoms with Crippen molar-refractivity contribution in [3.8, 4) is 0 Å². The summed E-state index contributed by atoms with van der Waals surface area (Å²) in [6.07, 6.45) is 6.76.